The number of ether oxygens (including phenoxy) is 2. The smallest absolute Gasteiger partial charge is 0.160 e. The Bertz CT molecular complexity index is 445. The van der Waals surface area contributed by atoms with Crippen molar-refractivity contribution in [2.45, 2.75) is 45.3 Å². The summed E-state index contributed by atoms with van der Waals surface area (Å²) >= 11 is 0. The van der Waals surface area contributed by atoms with Crippen LogP contribution >= 0.6 is 0 Å². The quantitative estimate of drug-likeness (QED) is 0.894. The molecule has 1 aliphatic rings. The summed E-state index contributed by atoms with van der Waals surface area (Å²) in [5.74, 6) is 0.785. The van der Waals surface area contributed by atoms with Gasteiger partial charge in [0.1, 0.15) is 5.60 Å². The third-order valence-corrected chi connectivity index (χ3v) is 4.09. The van der Waals surface area contributed by atoms with Crippen LogP contribution in [0.25, 0.3) is 0 Å². The summed E-state index contributed by atoms with van der Waals surface area (Å²) in [7, 11) is 1.74. The second kappa shape index (κ2) is 6.61. The molecule has 2 heterocycles. The fourth-order valence-electron chi connectivity index (χ4n) is 2.76. The molecule has 1 aromatic heterocycles. The van der Waals surface area contributed by atoms with Gasteiger partial charge in [0.25, 0.3) is 0 Å². The fourth-order valence-corrected chi connectivity index (χ4v) is 2.76. The molecule has 112 valence electrons. The van der Waals surface area contributed by atoms with E-state index in [2.05, 4.69) is 24.1 Å². The van der Waals surface area contributed by atoms with E-state index in [1.165, 1.54) is 0 Å². The fraction of sp³-hybridized carbons (Fsp3) is 0.733. The van der Waals surface area contributed by atoms with Crippen LogP contribution in [0.3, 0.4) is 0 Å². The van der Waals surface area contributed by atoms with Crippen molar-refractivity contribution in [1.82, 2.24) is 15.3 Å². The highest BCUT2D eigenvalue weighted by molar-refractivity contribution is 5.21. The lowest BCUT2D eigenvalue weighted by atomic mass is 9.92. The highest BCUT2D eigenvalue weighted by atomic mass is 16.5. The molecule has 1 aliphatic heterocycles. The lowest BCUT2D eigenvalue weighted by Crippen LogP contribution is -2.37. The van der Waals surface area contributed by atoms with Gasteiger partial charge in [0.05, 0.1) is 0 Å². The van der Waals surface area contributed by atoms with Gasteiger partial charge >= 0.3 is 0 Å². The number of nitrogens with one attached hydrogen (secondary N) is 1. The molecule has 2 rings (SSSR count). The number of aromatic nitrogens is 2. The maximum atomic E-state index is 5.75. The molecule has 1 atom stereocenters. The molecule has 1 saturated heterocycles. The van der Waals surface area contributed by atoms with Crippen LogP contribution in [-0.4, -0.2) is 36.8 Å². The molecule has 0 saturated carbocycles. The van der Waals surface area contributed by atoms with Gasteiger partial charge in [-0.1, -0.05) is 6.92 Å². The Kier molecular flexibility index (Phi) is 5.07. The minimum atomic E-state index is -0.386. The summed E-state index contributed by atoms with van der Waals surface area (Å²) in [6.07, 6.45) is 3.55. The van der Waals surface area contributed by atoms with E-state index in [1.807, 2.05) is 13.1 Å². The van der Waals surface area contributed by atoms with Crippen LogP contribution in [0.2, 0.25) is 0 Å². The molecule has 1 fully saturated rings. The molecular weight excluding hydrogens is 254 g/mol. The molecule has 5 nitrogen and oxygen atoms in total. The average molecular weight is 279 g/mol. The Balaban J connectivity index is 2.27. The van der Waals surface area contributed by atoms with Crippen molar-refractivity contribution in [3.8, 4) is 0 Å². The molecule has 20 heavy (non-hydrogen) atoms. The Hall–Kier alpha value is -1.04. The van der Waals surface area contributed by atoms with Gasteiger partial charge in [0.15, 0.2) is 5.82 Å². The molecule has 1 unspecified atom stereocenters. The topological polar surface area (TPSA) is 56.3 Å². The van der Waals surface area contributed by atoms with Gasteiger partial charge in [-0.25, -0.2) is 9.97 Å². The van der Waals surface area contributed by atoms with Crippen LogP contribution in [0.15, 0.2) is 6.20 Å². The molecule has 1 aromatic rings. The number of rotatable bonds is 5. The van der Waals surface area contributed by atoms with Crippen LogP contribution in [-0.2, 0) is 15.1 Å². The molecule has 0 aliphatic carbocycles. The predicted molar refractivity (Wildman–Crippen MR) is 77.6 cm³/mol. The summed E-state index contributed by atoms with van der Waals surface area (Å²) in [6.45, 7) is 8.61. The van der Waals surface area contributed by atoms with Crippen molar-refractivity contribution >= 4 is 0 Å². The van der Waals surface area contributed by atoms with Crippen LogP contribution in [0.4, 0.5) is 0 Å². The van der Waals surface area contributed by atoms with E-state index in [0.717, 1.165) is 36.5 Å². The van der Waals surface area contributed by atoms with Gasteiger partial charge in [-0.3, -0.25) is 0 Å². The Morgan fingerprint density at radius 2 is 2.15 bits per heavy atom. The van der Waals surface area contributed by atoms with Crippen molar-refractivity contribution in [1.29, 1.82) is 0 Å². The maximum absolute atomic E-state index is 5.75. The van der Waals surface area contributed by atoms with Crippen LogP contribution < -0.4 is 5.32 Å². The summed E-state index contributed by atoms with van der Waals surface area (Å²) in [4.78, 5) is 9.29. The molecule has 0 aromatic carbocycles. The molecular formula is C15H25N3O2. The summed E-state index contributed by atoms with van der Waals surface area (Å²) in [6, 6.07) is 0.266. The SMILES string of the molecule is CCNC(C)c1cnc(C2(OC)CCOCC2)nc1C. The third-order valence-electron chi connectivity index (χ3n) is 4.09. The standard InChI is InChI=1S/C15H25N3O2/c1-5-16-11(2)13-10-17-14(18-12(13)3)15(19-4)6-8-20-9-7-15/h10-11,16H,5-9H2,1-4H3. The lowest BCUT2D eigenvalue weighted by Gasteiger charge is -2.34. The van der Waals surface area contributed by atoms with E-state index in [9.17, 15) is 0 Å². The van der Waals surface area contributed by atoms with Gasteiger partial charge in [0.2, 0.25) is 0 Å². The Morgan fingerprint density at radius 1 is 1.45 bits per heavy atom. The molecule has 0 radical (unpaired) electrons. The molecule has 5 heteroatoms. The van der Waals surface area contributed by atoms with Crippen molar-refractivity contribution in [2.75, 3.05) is 26.9 Å². The Morgan fingerprint density at radius 3 is 2.70 bits per heavy atom. The number of methoxy groups -OCH3 is 1. The van der Waals surface area contributed by atoms with Crippen LogP contribution in [0.5, 0.6) is 0 Å². The van der Waals surface area contributed by atoms with E-state index in [-0.39, 0.29) is 11.6 Å². The van der Waals surface area contributed by atoms with Crippen LogP contribution in [0.1, 0.15) is 49.8 Å². The number of nitrogens with zero attached hydrogens (tertiary/aromatic N) is 2. The second-order valence-electron chi connectivity index (χ2n) is 5.32. The first-order chi connectivity index (χ1) is 9.63. The molecule has 0 bridgehead atoms. The van der Waals surface area contributed by atoms with Crippen molar-refractivity contribution in [3.05, 3.63) is 23.3 Å². The molecule has 0 amide bonds. The van der Waals surface area contributed by atoms with E-state index >= 15 is 0 Å². The minimum absolute atomic E-state index is 0.266. The zero-order valence-corrected chi connectivity index (χ0v) is 12.9. The van der Waals surface area contributed by atoms with Crippen LogP contribution in [0, 0.1) is 6.92 Å². The first-order valence-corrected chi connectivity index (χ1v) is 7.33. The monoisotopic (exact) mass is 279 g/mol. The van der Waals surface area contributed by atoms with E-state index in [1.54, 1.807) is 7.11 Å². The van der Waals surface area contributed by atoms with Crippen molar-refractivity contribution in [2.24, 2.45) is 0 Å². The van der Waals surface area contributed by atoms with Gasteiger partial charge < -0.3 is 14.8 Å². The Labute approximate surface area is 121 Å². The van der Waals surface area contributed by atoms with E-state index in [0.29, 0.717) is 13.2 Å². The summed E-state index contributed by atoms with van der Waals surface area (Å²) < 4.78 is 11.2. The first-order valence-electron chi connectivity index (χ1n) is 7.33. The molecule has 1 N–H and O–H groups in total. The second-order valence-corrected chi connectivity index (χ2v) is 5.32. The maximum Gasteiger partial charge on any atom is 0.160 e. The van der Waals surface area contributed by atoms with Crippen molar-refractivity contribution in [3.63, 3.8) is 0 Å². The normalized spacial score (nSPS) is 19.8. The van der Waals surface area contributed by atoms with E-state index in [4.69, 9.17) is 14.5 Å². The summed E-state index contributed by atoms with van der Waals surface area (Å²) in [5.41, 5.74) is 1.78. The largest absolute Gasteiger partial charge is 0.381 e. The zero-order valence-electron chi connectivity index (χ0n) is 12.9. The van der Waals surface area contributed by atoms with Gasteiger partial charge in [0, 0.05) is 56.7 Å². The van der Waals surface area contributed by atoms with Crippen molar-refractivity contribution < 1.29 is 9.47 Å². The highest BCUT2D eigenvalue weighted by Gasteiger charge is 2.37. The van der Waals surface area contributed by atoms with Gasteiger partial charge in [-0.2, -0.15) is 0 Å². The number of aryl methyl sites for hydroxylation is 1. The number of hydrogen-bond donors (Lipinski definition) is 1. The summed E-state index contributed by atoms with van der Waals surface area (Å²) in [5, 5.41) is 3.39. The van der Waals surface area contributed by atoms with E-state index < -0.39 is 0 Å². The third kappa shape index (κ3) is 3.00. The lowest BCUT2D eigenvalue weighted by molar-refractivity contribution is -0.100. The first kappa shape index (κ1) is 15.4. The van der Waals surface area contributed by atoms with Gasteiger partial charge in [-0.15, -0.1) is 0 Å². The molecule has 0 spiro atoms. The highest BCUT2D eigenvalue weighted by Crippen LogP contribution is 2.33. The van der Waals surface area contributed by atoms with Gasteiger partial charge in [-0.05, 0) is 20.4 Å². The minimum Gasteiger partial charge on any atom is -0.381 e. The average Bonchev–Trinajstić information content (AvgIpc) is 2.48. The number of hydrogen-bond acceptors (Lipinski definition) is 5. The zero-order chi connectivity index (χ0) is 14.6. The predicted octanol–water partition coefficient (Wildman–Crippen LogP) is 2.11.